The molecule has 2 aromatic rings. The van der Waals surface area contributed by atoms with Crippen molar-refractivity contribution in [2.45, 2.75) is 12.8 Å². The molecule has 2 aliphatic carbocycles. The first-order valence-corrected chi connectivity index (χ1v) is 6.30. The smallest absolute Gasteiger partial charge is 1.00 e. The molecule has 0 atom stereocenters. The van der Waals surface area contributed by atoms with E-state index in [9.17, 15) is 19.2 Å². The van der Waals surface area contributed by atoms with Gasteiger partial charge in [-0.3, -0.25) is 19.2 Å². The Hall–Kier alpha value is 1.38. The van der Waals surface area contributed by atoms with Crippen LogP contribution >= 0.6 is 0 Å². The topological polar surface area (TPSA) is 68.3 Å². The molecule has 0 N–H and O–H groups in total. The van der Waals surface area contributed by atoms with Crippen molar-refractivity contribution in [3.63, 3.8) is 0 Å². The second-order valence-corrected chi connectivity index (χ2v) is 5.12. The molecule has 24 heavy (non-hydrogen) atoms. The maximum absolute atomic E-state index is 12.0. The van der Waals surface area contributed by atoms with Crippen molar-refractivity contribution >= 4 is 33.9 Å². The van der Waals surface area contributed by atoms with Gasteiger partial charge in [0.25, 0.3) is 0 Å². The molecule has 0 fully saturated rings. The Bertz CT molecular complexity index is 767. The predicted molar refractivity (Wildman–Crippen MR) is 75.0 cm³/mol. The number of hydrogen-bond acceptors (Lipinski definition) is 4. The number of Topliss-reactive ketones (excluding diaryl/α,β-unsaturated/α-hetero) is 4. The van der Waals surface area contributed by atoms with Crippen molar-refractivity contribution in [1.82, 2.24) is 0 Å². The van der Waals surface area contributed by atoms with E-state index in [2.05, 4.69) is 0 Å². The zero-order valence-corrected chi connectivity index (χ0v) is 22.4. The van der Waals surface area contributed by atoms with Crippen LogP contribution in [0.5, 0.6) is 0 Å². The molecule has 0 saturated carbocycles. The van der Waals surface area contributed by atoms with Crippen molar-refractivity contribution < 1.29 is 143 Å². The number of carbonyl (C=O) groups is 4. The number of ketones is 4. The van der Waals surface area contributed by atoms with Crippen LogP contribution in [-0.4, -0.2) is 23.1 Å². The molecule has 0 heterocycles. The molecule has 8 heteroatoms. The molecule has 4 nitrogen and oxygen atoms in total. The summed E-state index contributed by atoms with van der Waals surface area (Å²) in [5.74, 6) is -1.01. The molecule has 0 bridgehead atoms. The molecule has 2 aromatic carbocycles. The second kappa shape index (κ2) is 9.54. The first kappa shape index (κ1) is 25.4. The van der Waals surface area contributed by atoms with Crippen molar-refractivity contribution in [2.24, 2.45) is 0 Å². The first-order chi connectivity index (χ1) is 9.58. The van der Waals surface area contributed by atoms with Gasteiger partial charge in [-0.05, 0) is 0 Å². The van der Waals surface area contributed by atoms with Gasteiger partial charge in [-0.1, -0.05) is 24.3 Å². The van der Waals surface area contributed by atoms with E-state index in [1.54, 1.807) is 24.3 Å². The zero-order chi connectivity index (χ0) is 14.0. The third kappa shape index (κ3) is 3.82. The molecule has 104 valence electrons. The Morgan fingerprint density at radius 2 is 0.708 bits per heavy atom. The van der Waals surface area contributed by atoms with Gasteiger partial charge in [0.1, 0.15) is 0 Å². The second-order valence-electron chi connectivity index (χ2n) is 5.12. The van der Waals surface area contributed by atoms with Crippen LogP contribution in [0.4, 0.5) is 0 Å². The van der Waals surface area contributed by atoms with Crippen LogP contribution in [0.3, 0.4) is 0 Å². The van der Waals surface area contributed by atoms with Gasteiger partial charge in [-0.25, -0.2) is 0 Å². The van der Waals surface area contributed by atoms with Gasteiger partial charge in [0.2, 0.25) is 0 Å². The van der Waals surface area contributed by atoms with E-state index in [0.29, 0.717) is 33.0 Å². The standard InChI is InChI=1S/C16H8O4.4Na.4H/c17-11-5-13(19)9-3-4-10-14(20)6-12(18)8-2-1-7(11)15(9)16(8)10;;;;;;;;/h1-4H,5-6H2;;;;;;;;/q;4*+1;4*-1. The van der Waals surface area contributed by atoms with E-state index in [1.165, 1.54) is 0 Å². The Labute approximate surface area is 233 Å². The van der Waals surface area contributed by atoms with Crippen LogP contribution in [-0.2, 0) is 0 Å². The minimum Gasteiger partial charge on any atom is -1.00 e. The van der Waals surface area contributed by atoms with Crippen LogP contribution in [0.25, 0.3) is 10.8 Å². The minimum absolute atomic E-state index is 0. The average Bonchev–Trinajstić information content (AvgIpc) is 2.42. The number of rotatable bonds is 0. The first-order valence-electron chi connectivity index (χ1n) is 6.30. The van der Waals surface area contributed by atoms with Gasteiger partial charge in [-0.2, -0.15) is 0 Å². The van der Waals surface area contributed by atoms with E-state index in [0.717, 1.165) is 0 Å². The predicted octanol–water partition coefficient (Wildman–Crippen LogP) is -9.16. The summed E-state index contributed by atoms with van der Waals surface area (Å²) in [6.07, 6.45) is -0.300. The van der Waals surface area contributed by atoms with E-state index in [4.69, 9.17) is 0 Å². The van der Waals surface area contributed by atoms with Crippen LogP contribution in [0.15, 0.2) is 24.3 Å². The van der Waals surface area contributed by atoms with E-state index < -0.39 is 0 Å². The van der Waals surface area contributed by atoms with Gasteiger partial charge >= 0.3 is 118 Å². The maximum Gasteiger partial charge on any atom is 1.00 e. The molecule has 0 saturated heterocycles. The maximum atomic E-state index is 12.0. The Kier molecular flexibility index (Phi) is 10.1. The van der Waals surface area contributed by atoms with Crippen molar-refractivity contribution in [3.8, 4) is 0 Å². The Morgan fingerprint density at radius 1 is 0.500 bits per heavy atom. The summed E-state index contributed by atoms with van der Waals surface area (Å²) in [4.78, 5) is 47.9. The van der Waals surface area contributed by atoms with Crippen molar-refractivity contribution in [2.75, 3.05) is 0 Å². The molecule has 0 spiro atoms. The fourth-order valence-corrected chi connectivity index (χ4v) is 3.10. The third-order valence-corrected chi connectivity index (χ3v) is 4.00. The Balaban J connectivity index is -0.000000220. The largest absolute Gasteiger partial charge is 1.00 e. The van der Waals surface area contributed by atoms with Gasteiger partial charge in [0, 0.05) is 33.0 Å². The fraction of sp³-hybridized carbons (Fsp3) is 0.125. The Morgan fingerprint density at radius 3 is 0.917 bits per heavy atom. The summed E-state index contributed by atoms with van der Waals surface area (Å²) in [6, 6.07) is 6.36. The molecular formula is C16H12Na4O4. The van der Waals surface area contributed by atoms with Crippen LogP contribution in [0, 0.1) is 0 Å². The average molecular weight is 360 g/mol. The van der Waals surface area contributed by atoms with Gasteiger partial charge in [0.15, 0.2) is 23.1 Å². The van der Waals surface area contributed by atoms with Gasteiger partial charge in [0.05, 0.1) is 12.8 Å². The summed E-state index contributed by atoms with van der Waals surface area (Å²) in [5, 5.41) is 0.949. The molecule has 0 aliphatic heterocycles. The zero-order valence-electron chi connectivity index (χ0n) is 18.4. The molecular weight excluding hydrogens is 348 g/mol. The number of hydrogen-bond donors (Lipinski definition) is 0. The third-order valence-electron chi connectivity index (χ3n) is 4.00. The summed E-state index contributed by atoms with van der Waals surface area (Å²) in [5.41, 5.74) is 1.73. The fourth-order valence-electron chi connectivity index (χ4n) is 3.10. The number of carbonyl (C=O) groups excluding carboxylic acids is 4. The monoisotopic (exact) mass is 360 g/mol. The van der Waals surface area contributed by atoms with Crippen LogP contribution < -0.4 is 118 Å². The molecule has 0 radical (unpaired) electrons. The summed E-state index contributed by atoms with van der Waals surface area (Å²) < 4.78 is 0. The van der Waals surface area contributed by atoms with Crippen molar-refractivity contribution in [3.05, 3.63) is 46.5 Å². The molecule has 0 aromatic heterocycles. The molecule has 0 unspecified atom stereocenters. The van der Waals surface area contributed by atoms with E-state index in [1.807, 2.05) is 0 Å². The summed E-state index contributed by atoms with van der Waals surface area (Å²) in [7, 11) is 0. The molecule has 0 amide bonds. The van der Waals surface area contributed by atoms with Crippen molar-refractivity contribution in [1.29, 1.82) is 0 Å². The van der Waals surface area contributed by atoms with E-state index in [-0.39, 0.29) is 160 Å². The SMILES string of the molecule is O=C1CC(=O)c2ccc3c4c(ccc1c24)C(=O)CC3=O.[H-].[H-].[H-].[H-].[Na+].[Na+].[Na+].[Na+]. The summed E-state index contributed by atoms with van der Waals surface area (Å²) >= 11 is 0. The molecule has 4 rings (SSSR count). The molecule has 2 aliphatic rings. The van der Waals surface area contributed by atoms with Crippen LogP contribution in [0.2, 0.25) is 0 Å². The quantitative estimate of drug-likeness (QED) is 0.346. The van der Waals surface area contributed by atoms with Gasteiger partial charge in [-0.15, -0.1) is 0 Å². The minimum atomic E-state index is -0.253. The number of benzene rings is 2. The van der Waals surface area contributed by atoms with Crippen LogP contribution in [0.1, 0.15) is 60.0 Å². The summed E-state index contributed by atoms with van der Waals surface area (Å²) in [6.45, 7) is 0. The van der Waals surface area contributed by atoms with E-state index >= 15 is 0 Å². The normalized spacial score (nSPS) is 14.2. The van der Waals surface area contributed by atoms with Gasteiger partial charge < -0.3 is 5.71 Å².